The third-order valence-electron chi connectivity index (χ3n) is 3.30. The van der Waals surface area contributed by atoms with Gasteiger partial charge in [-0.3, -0.25) is 0 Å². The molecule has 0 unspecified atom stereocenters. The van der Waals surface area contributed by atoms with Gasteiger partial charge in [0.2, 0.25) is 0 Å². The third kappa shape index (κ3) is 3.58. The van der Waals surface area contributed by atoms with Gasteiger partial charge in [0.15, 0.2) is 0 Å². The lowest BCUT2D eigenvalue weighted by atomic mass is 10.1. The van der Waals surface area contributed by atoms with Crippen LogP contribution in [0.3, 0.4) is 0 Å². The van der Waals surface area contributed by atoms with E-state index in [2.05, 4.69) is 36.8 Å². The normalized spacial score (nSPS) is 10.2. The van der Waals surface area contributed by atoms with Gasteiger partial charge in [-0.1, -0.05) is 37.3 Å². The lowest BCUT2D eigenvalue weighted by Crippen LogP contribution is -2.04. The molecule has 0 saturated carbocycles. The van der Waals surface area contributed by atoms with E-state index < -0.39 is 0 Å². The number of rotatable bonds is 5. The van der Waals surface area contributed by atoms with Crippen molar-refractivity contribution in [3.63, 3.8) is 0 Å². The monoisotopic (exact) mass is 301 g/mol. The largest absolute Gasteiger partial charge is 0.465 e. The average Bonchev–Trinajstić information content (AvgIpc) is 2.53. The average molecular weight is 301 g/mol. The summed E-state index contributed by atoms with van der Waals surface area (Å²) >= 11 is 1.44. The summed E-state index contributed by atoms with van der Waals surface area (Å²) in [4.78, 5) is 12.6. The van der Waals surface area contributed by atoms with Gasteiger partial charge in [-0.2, -0.15) is 0 Å². The van der Waals surface area contributed by atoms with E-state index in [9.17, 15) is 4.79 Å². The Labute approximate surface area is 129 Å². The van der Waals surface area contributed by atoms with Gasteiger partial charge in [-0.25, -0.2) is 4.79 Å². The van der Waals surface area contributed by atoms with Gasteiger partial charge >= 0.3 is 5.97 Å². The molecule has 0 atom stereocenters. The van der Waals surface area contributed by atoms with Crippen LogP contribution in [0, 0.1) is 6.92 Å². The van der Waals surface area contributed by atoms with Crippen molar-refractivity contribution < 1.29 is 9.53 Å². The van der Waals surface area contributed by atoms with Crippen molar-refractivity contribution in [2.75, 3.05) is 11.8 Å². The van der Waals surface area contributed by atoms with Crippen molar-refractivity contribution in [1.29, 1.82) is 0 Å². The number of carbonyl (C=O) groups excluding carboxylic acids is 1. The second-order valence-corrected chi connectivity index (χ2v) is 5.50. The highest BCUT2D eigenvalue weighted by Gasteiger charge is 2.12. The Bertz CT molecular complexity index is 640. The van der Waals surface area contributed by atoms with Crippen LogP contribution in [0.25, 0.3) is 0 Å². The lowest BCUT2D eigenvalue weighted by Gasteiger charge is -2.14. The van der Waals surface area contributed by atoms with Crippen molar-refractivity contribution in [2.24, 2.45) is 0 Å². The molecule has 110 valence electrons. The molecule has 0 amide bonds. The fourth-order valence-corrected chi connectivity index (χ4v) is 3.02. The molecule has 1 N–H and O–H groups in total. The van der Waals surface area contributed by atoms with Crippen molar-refractivity contribution in [1.82, 2.24) is 0 Å². The highest BCUT2D eigenvalue weighted by molar-refractivity contribution is 8.00. The quantitative estimate of drug-likeness (QED) is 0.653. The summed E-state index contributed by atoms with van der Waals surface area (Å²) in [5.41, 5.74) is 4.14. The molecule has 0 spiro atoms. The van der Waals surface area contributed by atoms with E-state index in [1.54, 1.807) is 6.07 Å². The standard InChI is InChI=1S/C17H19NO2S/c1-4-13-9-7-8-12(2)16(13)18-21-15-11-6-5-10-14(15)17(19)20-3/h5-11,18H,4H2,1-3H3. The maximum absolute atomic E-state index is 11.8. The Balaban J connectivity index is 2.23. The van der Waals surface area contributed by atoms with E-state index in [0.717, 1.165) is 17.0 Å². The van der Waals surface area contributed by atoms with Crippen LogP contribution < -0.4 is 4.72 Å². The Morgan fingerprint density at radius 2 is 1.95 bits per heavy atom. The first-order valence-electron chi connectivity index (χ1n) is 6.86. The molecular formula is C17H19NO2S. The number of para-hydroxylation sites is 1. The Morgan fingerprint density at radius 3 is 2.67 bits per heavy atom. The van der Waals surface area contributed by atoms with Gasteiger partial charge in [-0.05, 0) is 48.6 Å². The molecule has 0 aliphatic heterocycles. The molecule has 0 aliphatic carbocycles. The topological polar surface area (TPSA) is 38.3 Å². The minimum atomic E-state index is -0.319. The molecule has 3 nitrogen and oxygen atoms in total. The summed E-state index contributed by atoms with van der Waals surface area (Å²) in [6, 6.07) is 13.7. The molecule has 0 heterocycles. The fraction of sp³-hybridized carbons (Fsp3) is 0.235. The first-order valence-corrected chi connectivity index (χ1v) is 7.67. The minimum absolute atomic E-state index is 0.319. The molecule has 0 radical (unpaired) electrons. The number of methoxy groups -OCH3 is 1. The number of hydrogen-bond acceptors (Lipinski definition) is 4. The smallest absolute Gasteiger partial charge is 0.339 e. The summed E-state index contributed by atoms with van der Waals surface area (Å²) < 4.78 is 8.19. The van der Waals surface area contributed by atoms with Gasteiger partial charge < -0.3 is 9.46 Å². The highest BCUT2D eigenvalue weighted by Crippen LogP contribution is 2.29. The summed E-state index contributed by atoms with van der Waals surface area (Å²) in [5, 5.41) is 0. The van der Waals surface area contributed by atoms with E-state index in [-0.39, 0.29) is 5.97 Å². The maximum Gasteiger partial charge on any atom is 0.339 e. The van der Waals surface area contributed by atoms with Gasteiger partial charge in [0.05, 0.1) is 18.4 Å². The Morgan fingerprint density at radius 1 is 1.19 bits per heavy atom. The van der Waals surface area contributed by atoms with Crippen molar-refractivity contribution in [3.8, 4) is 0 Å². The maximum atomic E-state index is 11.8. The van der Waals surface area contributed by atoms with Crippen LogP contribution in [0.5, 0.6) is 0 Å². The number of nitrogens with one attached hydrogen (secondary N) is 1. The number of esters is 1. The Kier molecular flexibility index (Phi) is 5.28. The van der Waals surface area contributed by atoms with Crippen molar-refractivity contribution in [2.45, 2.75) is 25.2 Å². The summed E-state index contributed by atoms with van der Waals surface area (Å²) in [6.45, 7) is 4.21. The van der Waals surface area contributed by atoms with Crippen LogP contribution in [-0.2, 0) is 11.2 Å². The number of anilines is 1. The van der Waals surface area contributed by atoms with Gasteiger partial charge in [0.25, 0.3) is 0 Å². The zero-order valence-corrected chi connectivity index (χ0v) is 13.3. The second-order valence-electron chi connectivity index (χ2n) is 4.65. The molecular weight excluding hydrogens is 282 g/mol. The fourth-order valence-electron chi connectivity index (χ4n) is 2.11. The number of benzene rings is 2. The van der Waals surface area contributed by atoms with Crippen LogP contribution in [0.1, 0.15) is 28.4 Å². The molecule has 0 bridgehead atoms. The molecule has 0 aromatic heterocycles. The molecule has 2 rings (SSSR count). The predicted octanol–water partition coefficient (Wildman–Crippen LogP) is 4.46. The molecule has 0 saturated heterocycles. The van der Waals surface area contributed by atoms with E-state index in [1.165, 1.54) is 30.2 Å². The number of carbonyl (C=O) groups is 1. The predicted molar refractivity (Wildman–Crippen MR) is 87.8 cm³/mol. The zero-order valence-electron chi connectivity index (χ0n) is 12.5. The zero-order chi connectivity index (χ0) is 15.2. The first-order chi connectivity index (χ1) is 10.2. The van der Waals surface area contributed by atoms with E-state index >= 15 is 0 Å². The minimum Gasteiger partial charge on any atom is -0.465 e. The van der Waals surface area contributed by atoms with Crippen LogP contribution in [0.15, 0.2) is 47.4 Å². The van der Waals surface area contributed by atoms with E-state index in [4.69, 9.17) is 4.74 Å². The number of aryl methyl sites for hydroxylation is 2. The SMILES string of the molecule is CCc1cccc(C)c1NSc1ccccc1C(=O)OC. The van der Waals surface area contributed by atoms with Crippen molar-refractivity contribution in [3.05, 3.63) is 59.2 Å². The molecule has 2 aromatic carbocycles. The van der Waals surface area contributed by atoms with Crippen molar-refractivity contribution >= 4 is 23.6 Å². The van der Waals surface area contributed by atoms with E-state index in [1.807, 2.05) is 18.2 Å². The number of hydrogen-bond donors (Lipinski definition) is 1. The van der Waals surface area contributed by atoms with Crippen LogP contribution in [0.4, 0.5) is 5.69 Å². The second kappa shape index (κ2) is 7.18. The van der Waals surface area contributed by atoms with Gasteiger partial charge in [0, 0.05) is 4.90 Å². The van der Waals surface area contributed by atoms with Crippen LogP contribution >= 0.6 is 11.9 Å². The molecule has 21 heavy (non-hydrogen) atoms. The lowest BCUT2D eigenvalue weighted by molar-refractivity contribution is 0.0597. The third-order valence-corrected chi connectivity index (χ3v) is 4.18. The molecule has 4 heteroatoms. The summed E-state index contributed by atoms with van der Waals surface area (Å²) in [6.07, 6.45) is 0.962. The summed E-state index contributed by atoms with van der Waals surface area (Å²) in [5.74, 6) is -0.319. The molecule has 2 aromatic rings. The molecule has 0 aliphatic rings. The number of ether oxygens (including phenoxy) is 1. The van der Waals surface area contributed by atoms with E-state index in [0.29, 0.717) is 5.56 Å². The summed E-state index contributed by atoms with van der Waals surface area (Å²) in [7, 11) is 1.40. The van der Waals surface area contributed by atoms with Gasteiger partial charge in [-0.15, -0.1) is 0 Å². The Hall–Kier alpha value is -1.94. The first kappa shape index (κ1) is 15.4. The molecule has 0 fully saturated rings. The highest BCUT2D eigenvalue weighted by atomic mass is 32.2. The van der Waals surface area contributed by atoms with Crippen LogP contribution in [0.2, 0.25) is 0 Å². The van der Waals surface area contributed by atoms with Crippen LogP contribution in [-0.4, -0.2) is 13.1 Å². The van der Waals surface area contributed by atoms with Gasteiger partial charge in [0.1, 0.15) is 0 Å².